The highest BCUT2D eigenvalue weighted by atomic mass is 79.9. The molecule has 0 aliphatic rings. The van der Waals surface area contributed by atoms with E-state index in [4.69, 9.17) is 4.74 Å². The van der Waals surface area contributed by atoms with Crippen molar-refractivity contribution >= 4 is 43.5 Å². The number of benzene rings is 4. The normalized spacial score (nSPS) is 11.8. The van der Waals surface area contributed by atoms with Crippen molar-refractivity contribution in [3.63, 3.8) is 0 Å². The number of halogens is 1. The van der Waals surface area contributed by atoms with Gasteiger partial charge in [-0.15, -0.1) is 0 Å². The van der Waals surface area contributed by atoms with Crippen LogP contribution in [0.4, 0.5) is 5.69 Å². The lowest BCUT2D eigenvalue weighted by molar-refractivity contribution is -0.140. The maximum Gasteiger partial charge on any atom is 0.264 e. The van der Waals surface area contributed by atoms with Crippen LogP contribution in [0.2, 0.25) is 0 Å². The van der Waals surface area contributed by atoms with Gasteiger partial charge in [0.25, 0.3) is 10.0 Å². The molecule has 8 nitrogen and oxygen atoms in total. The van der Waals surface area contributed by atoms with Gasteiger partial charge in [-0.05, 0) is 73.0 Å². The third kappa shape index (κ3) is 8.95. The Labute approximate surface area is 274 Å². The summed E-state index contributed by atoms with van der Waals surface area (Å²) >= 11 is 3.41. The molecule has 0 spiro atoms. The van der Waals surface area contributed by atoms with Gasteiger partial charge in [-0.1, -0.05) is 83.0 Å². The second kappa shape index (κ2) is 15.7. The number of nitrogens with one attached hydrogen (secondary N) is 1. The van der Waals surface area contributed by atoms with E-state index in [2.05, 4.69) is 21.2 Å². The summed E-state index contributed by atoms with van der Waals surface area (Å²) in [6.45, 7) is 3.81. The van der Waals surface area contributed by atoms with Crippen molar-refractivity contribution in [2.75, 3.05) is 24.5 Å². The number of sulfonamides is 1. The van der Waals surface area contributed by atoms with E-state index < -0.39 is 28.5 Å². The van der Waals surface area contributed by atoms with Gasteiger partial charge in [0, 0.05) is 24.0 Å². The Hall–Kier alpha value is -4.15. The van der Waals surface area contributed by atoms with Crippen LogP contribution < -0.4 is 14.4 Å². The number of aryl methyl sites for hydroxylation is 1. The molecule has 0 saturated heterocycles. The molecule has 0 heterocycles. The van der Waals surface area contributed by atoms with Crippen LogP contribution >= 0.6 is 15.9 Å². The van der Waals surface area contributed by atoms with Crippen molar-refractivity contribution in [1.82, 2.24) is 10.2 Å². The first-order chi connectivity index (χ1) is 21.6. The summed E-state index contributed by atoms with van der Waals surface area (Å²) in [6, 6.07) is 29.1. The monoisotopic (exact) mass is 691 g/mol. The zero-order valence-corrected chi connectivity index (χ0v) is 28.1. The summed E-state index contributed by atoms with van der Waals surface area (Å²) in [5.41, 5.74) is 2.84. The molecule has 0 fully saturated rings. The molecule has 0 radical (unpaired) electrons. The number of hydrogen-bond acceptors (Lipinski definition) is 5. The van der Waals surface area contributed by atoms with Gasteiger partial charge >= 0.3 is 0 Å². The number of rotatable bonds is 14. The third-order valence-electron chi connectivity index (χ3n) is 7.31. The van der Waals surface area contributed by atoms with Crippen LogP contribution in [0.3, 0.4) is 0 Å². The van der Waals surface area contributed by atoms with E-state index in [9.17, 15) is 18.0 Å². The molecule has 45 heavy (non-hydrogen) atoms. The smallest absolute Gasteiger partial charge is 0.264 e. The quantitative estimate of drug-likeness (QED) is 0.172. The van der Waals surface area contributed by atoms with Gasteiger partial charge < -0.3 is 15.0 Å². The molecule has 0 saturated carbocycles. The Kier molecular flexibility index (Phi) is 11.8. The summed E-state index contributed by atoms with van der Waals surface area (Å²) in [5, 5.41) is 2.95. The first-order valence-corrected chi connectivity index (χ1v) is 16.9. The summed E-state index contributed by atoms with van der Waals surface area (Å²) in [4.78, 5) is 29.8. The largest absolute Gasteiger partial charge is 0.497 e. The summed E-state index contributed by atoms with van der Waals surface area (Å²) in [6.07, 6.45) is 0.967. The number of amides is 2. The average Bonchev–Trinajstić information content (AvgIpc) is 3.05. The topological polar surface area (TPSA) is 96.0 Å². The molecule has 4 rings (SSSR count). The maximum atomic E-state index is 14.5. The maximum absolute atomic E-state index is 14.5. The molecule has 4 aromatic rings. The van der Waals surface area contributed by atoms with Crippen molar-refractivity contribution < 1.29 is 22.7 Å². The molecule has 0 aliphatic carbocycles. The molecule has 0 aromatic heterocycles. The van der Waals surface area contributed by atoms with Crippen molar-refractivity contribution in [2.45, 2.75) is 44.2 Å². The van der Waals surface area contributed by atoms with Crippen LogP contribution in [0, 0.1) is 6.92 Å². The number of ether oxygens (including phenoxy) is 1. The Bertz CT molecular complexity index is 1680. The van der Waals surface area contributed by atoms with Crippen molar-refractivity contribution in [1.29, 1.82) is 0 Å². The highest BCUT2D eigenvalue weighted by molar-refractivity contribution is 9.10. The Balaban J connectivity index is 1.80. The van der Waals surface area contributed by atoms with E-state index >= 15 is 0 Å². The van der Waals surface area contributed by atoms with E-state index in [1.165, 1.54) is 17.0 Å². The summed E-state index contributed by atoms with van der Waals surface area (Å²) in [7, 11) is -2.60. The molecule has 2 amide bonds. The van der Waals surface area contributed by atoms with E-state index in [1.807, 2.05) is 56.3 Å². The average molecular weight is 693 g/mol. The lowest BCUT2D eigenvalue weighted by atomic mass is 10.0. The van der Waals surface area contributed by atoms with E-state index in [-0.39, 0.29) is 23.8 Å². The molecule has 4 aromatic carbocycles. The Morgan fingerprint density at radius 1 is 0.889 bits per heavy atom. The predicted molar refractivity (Wildman–Crippen MR) is 181 cm³/mol. The molecule has 10 heteroatoms. The first-order valence-electron chi connectivity index (χ1n) is 14.7. The van der Waals surface area contributed by atoms with Crippen molar-refractivity contribution in [3.8, 4) is 5.75 Å². The van der Waals surface area contributed by atoms with Gasteiger partial charge in [-0.3, -0.25) is 13.9 Å². The third-order valence-corrected chi connectivity index (χ3v) is 9.63. The van der Waals surface area contributed by atoms with Gasteiger partial charge in [-0.25, -0.2) is 8.42 Å². The fourth-order valence-corrected chi connectivity index (χ4v) is 6.54. The molecular weight excluding hydrogens is 654 g/mol. The van der Waals surface area contributed by atoms with Crippen LogP contribution in [0.15, 0.2) is 112 Å². The molecule has 1 atom stereocenters. The summed E-state index contributed by atoms with van der Waals surface area (Å²) in [5.74, 6) is -0.231. The minimum atomic E-state index is -4.16. The van der Waals surface area contributed by atoms with Crippen molar-refractivity contribution in [2.24, 2.45) is 0 Å². The zero-order chi connectivity index (χ0) is 32.4. The molecule has 236 valence electrons. The number of anilines is 1. The summed E-state index contributed by atoms with van der Waals surface area (Å²) < 4.78 is 35.5. The molecule has 0 aliphatic heterocycles. The fourth-order valence-electron chi connectivity index (χ4n) is 4.86. The van der Waals surface area contributed by atoms with E-state index in [0.717, 1.165) is 31.9 Å². The fraction of sp³-hybridized carbons (Fsp3) is 0.257. The second-order valence-electron chi connectivity index (χ2n) is 10.7. The second-order valence-corrected chi connectivity index (χ2v) is 13.4. The highest BCUT2D eigenvalue weighted by Gasteiger charge is 2.34. The number of carbonyl (C=O) groups is 2. The van der Waals surface area contributed by atoms with Crippen LogP contribution in [0.1, 0.15) is 30.0 Å². The predicted octanol–water partition coefficient (Wildman–Crippen LogP) is 6.13. The minimum Gasteiger partial charge on any atom is -0.497 e. The number of nitrogens with zero attached hydrogens (tertiary/aromatic N) is 2. The Morgan fingerprint density at radius 2 is 1.56 bits per heavy atom. The minimum absolute atomic E-state index is 0.0599. The van der Waals surface area contributed by atoms with Crippen LogP contribution in [0.25, 0.3) is 0 Å². The van der Waals surface area contributed by atoms with Gasteiger partial charge in [-0.2, -0.15) is 0 Å². The molecular formula is C35H38BrN3O5S. The first kappa shape index (κ1) is 33.7. The lowest BCUT2D eigenvalue weighted by Gasteiger charge is -2.34. The molecule has 0 unspecified atom stereocenters. The van der Waals surface area contributed by atoms with Gasteiger partial charge in [0.1, 0.15) is 18.3 Å². The molecule has 1 N–H and O–H groups in total. The van der Waals surface area contributed by atoms with Crippen LogP contribution in [-0.2, 0) is 32.6 Å². The zero-order valence-electron chi connectivity index (χ0n) is 25.6. The van der Waals surface area contributed by atoms with Gasteiger partial charge in [0.05, 0.1) is 17.7 Å². The van der Waals surface area contributed by atoms with Gasteiger partial charge in [0.2, 0.25) is 11.8 Å². The van der Waals surface area contributed by atoms with E-state index in [0.29, 0.717) is 18.0 Å². The van der Waals surface area contributed by atoms with Crippen LogP contribution in [-0.4, -0.2) is 51.4 Å². The number of methoxy groups -OCH3 is 1. The highest BCUT2D eigenvalue weighted by Crippen LogP contribution is 2.27. The molecule has 0 bridgehead atoms. The van der Waals surface area contributed by atoms with Crippen LogP contribution in [0.5, 0.6) is 5.75 Å². The Morgan fingerprint density at radius 3 is 2.20 bits per heavy atom. The number of carbonyl (C=O) groups excluding carboxylic acids is 2. The van der Waals surface area contributed by atoms with Crippen molar-refractivity contribution in [3.05, 3.63) is 124 Å². The number of hydrogen-bond donors (Lipinski definition) is 1. The lowest BCUT2D eigenvalue weighted by Crippen LogP contribution is -2.53. The SMILES string of the molecule is CCCNC(=O)[C@@H](Cc1ccccc1)N(Cc1cccc(OC)c1)C(=O)CN(c1ccc(Br)cc1)S(=O)(=O)c1ccc(C)cc1. The van der Waals surface area contributed by atoms with E-state index in [1.54, 1.807) is 55.6 Å². The standard InChI is InChI=1S/C35H38BrN3O5S/c1-4-21-37-35(41)33(23-27-9-6-5-7-10-27)38(24-28-11-8-12-31(22-28)44-3)34(40)25-39(30-17-15-29(36)16-18-30)45(42,43)32-19-13-26(2)14-20-32/h5-20,22,33H,4,21,23-25H2,1-3H3,(H,37,41)/t33-/m1/s1. The van der Waals surface area contributed by atoms with Gasteiger partial charge in [0.15, 0.2) is 0 Å².